The summed E-state index contributed by atoms with van der Waals surface area (Å²) >= 11 is 5.48. The number of nitrogens with zero attached hydrogens (tertiary/aromatic N) is 1. The molecule has 0 aromatic heterocycles. The van der Waals surface area contributed by atoms with Crippen molar-refractivity contribution >= 4 is 17.6 Å². The second kappa shape index (κ2) is 3.33. The van der Waals surface area contributed by atoms with Crippen LogP contribution in [0.3, 0.4) is 0 Å². The first-order valence-corrected chi connectivity index (χ1v) is 3.60. The lowest BCUT2D eigenvalue weighted by molar-refractivity contribution is 0.0696. The molecular formula is C8H4ClNO3. The quantitative estimate of drug-likeness (QED) is 0.717. The molecular weight excluding hydrogens is 194 g/mol. The van der Waals surface area contributed by atoms with Crippen molar-refractivity contribution in [1.29, 1.82) is 5.26 Å². The third kappa shape index (κ3) is 1.55. The zero-order chi connectivity index (χ0) is 10.0. The zero-order valence-electron chi connectivity index (χ0n) is 6.28. The molecule has 0 spiro atoms. The highest BCUT2D eigenvalue weighted by Crippen LogP contribution is 2.29. The predicted octanol–water partition coefficient (Wildman–Crippen LogP) is 1.62. The van der Waals surface area contributed by atoms with E-state index in [-0.39, 0.29) is 16.1 Å². The van der Waals surface area contributed by atoms with E-state index < -0.39 is 11.7 Å². The maximum atomic E-state index is 10.5. The average Bonchev–Trinajstić information content (AvgIpc) is 2.09. The van der Waals surface area contributed by atoms with Gasteiger partial charge in [-0.2, -0.15) is 5.26 Å². The van der Waals surface area contributed by atoms with E-state index in [2.05, 4.69) is 0 Å². The number of halogens is 1. The highest BCUT2D eigenvalue weighted by atomic mass is 35.5. The Morgan fingerprint density at radius 2 is 2.15 bits per heavy atom. The number of phenols is 1. The Hall–Kier alpha value is -1.73. The topological polar surface area (TPSA) is 81.3 Å². The summed E-state index contributed by atoms with van der Waals surface area (Å²) in [4.78, 5) is 10.5. The lowest BCUT2D eigenvalue weighted by Crippen LogP contribution is -2.00. The number of hydrogen-bond acceptors (Lipinski definition) is 3. The Bertz CT molecular complexity index is 409. The van der Waals surface area contributed by atoms with Gasteiger partial charge in [-0.05, 0) is 12.1 Å². The minimum Gasteiger partial charge on any atom is -0.505 e. The maximum absolute atomic E-state index is 10.5. The number of benzene rings is 1. The van der Waals surface area contributed by atoms with Crippen LogP contribution in [0.1, 0.15) is 15.9 Å². The van der Waals surface area contributed by atoms with Gasteiger partial charge in [-0.3, -0.25) is 0 Å². The molecule has 0 amide bonds. The molecule has 0 aliphatic heterocycles. The minimum atomic E-state index is -1.27. The maximum Gasteiger partial charge on any atom is 0.337 e. The Kier molecular flexibility index (Phi) is 2.40. The SMILES string of the molecule is N#Cc1c(C(=O)O)ccc(Cl)c1O. The first-order valence-electron chi connectivity index (χ1n) is 3.22. The highest BCUT2D eigenvalue weighted by Gasteiger charge is 2.15. The van der Waals surface area contributed by atoms with Crippen LogP contribution in [0.15, 0.2) is 12.1 Å². The molecule has 0 radical (unpaired) electrons. The lowest BCUT2D eigenvalue weighted by Gasteiger charge is -2.01. The van der Waals surface area contributed by atoms with Gasteiger partial charge in [-0.25, -0.2) is 4.79 Å². The second-order valence-corrected chi connectivity index (χ2v) is 2.64. The monoisotopic (exact) mass is 197 g/mol. The van der Waals surface area contributed by atoms with Gasteiger partial charge in [-0.1, -0.05) is 11.6 Å². The third-order valence-corrected chi connectivity index (χ3v) is 1.78. The summed E-state index contributed by atoms with van der Waals surface area (Å²) in [5, 5.41) is 26.3. The van der Waals surface area contributed by atoms with Crippen molar-refractivity contribution in [3.05, 3.63) is 28.3 Å². The van der Waals surface area contributed by atoms with E-state index in [1.54, 1.807) is 6.07 Å². The summed E-state index contributed by atoms with van der Waals surface area (Å²) in [5.74, 6) is -1.77. The molecule has 0 aliphatic carbocycles. The smallest absolute Gasteiger partial charge is 0.337 e. The Morgan fingerprint density at radius 3 is 2.62 bits per heavy atom. The van der Waals surface area contributed by atoms with Gasteiger partial charge in [0.05, 0.1) is 10.6 Å². The number of rotatable bonds is 1. The summed E-state index contributed by atoms with van der Waals surface area (Å²) in [7, 11) is 0. The van der Waals surface area contributed by atoms with Gasteiger partial charge in [0, 0.05) is 0 Å². The summed E-state index contributed by atoms with van der Waals surface area (Å²) in [6.07, 6.45) is 0. The number of nitriles is 1. The standard InChI is InChI=1S/C8H4ClNO3/c9-6-2-1-4(8(12)13)5(3-10)7(6)11/h1-2,11H,(H,12,13). The van der Waals surface area contributed by atoms with Gasteiger partial charge < -0.3 is 10.2 Å². The molecule has 0 atom stereocenters. The van der Waals surface area contributed by atoms with Crippen molar-refractivity contribution in [1.82, 2.24) is 0 Å². The van der Waals surface area contributed by atoms with Crippen LogP contribution in [0.4, 0.5) is 0 Å². The van der Waals surface area contributed by atoms with Gasteiger partial charge >= 0.3 is 5.97 Å². The Labute approximate surface area is 78.6 Å². The Balaban J connectivity index is 3.50. The number of aromatic carboxylic acids is 1. The fourth-order valence-corrected chi connectivity index (χ4v) is 1.01. The fourth-order valence-electron chi connectivity index (χ4n) is 0.857. The van der Waals surface area contributed by atoms with E-state index in [1.165, 1.54) is 12.1 Å². The summed E-state index contributed by atoms with van der Waals surface area (Å²) < 4.78 is 0. The summed E-state index contributed by atoms with van der Waals surface area (Å²) in [6.45, 7) is 0. The van der Waals surface area contributed by atoms with E-state index in [0.717, 1.165) is 0 Å². The number of carbonyl (C=O) groups is 1. The molecule has 0 fully saturated rings. The molecule has 0 bridgehead atoms. The molecule has 0 saturated heterocycles. The van der Waals surface area contributed by atoms with Crippen molar-refractivity contribution in [3.8, 4) is 11.8 Å². The Morgan fingerprint density at radius 1 is 1.54 bits per heavy atom. The van der Waals surface area contributed by atoms with Gasteiger partial charge in [0.25, 0.3) is 0 Å². The first-order chi connectivity index (χ1) is 6.07. The zero-order valence-corrected chi connectivity index (χ0v) is 7.04. The number of phenolic OH excluding ortho intramolecular Hbond substituents is 1. The van der Waals surface area contributed by atoms with E-state index >= 15 is 0 Å². The van der Waals surface area contributed by atoms with E-state index in [0.29, 0.717) is 0 Å². The number of carboxylic acid groups (broad SMARTS) is 1. The van der Waals surface area contributed by atoms with Crippen molar-refractivity contribution in [2.75, 3.05) is 0 Å². The van der Waals surface area contributed by atoms with Gasteiger partial charge in [0.15, 0.2) is 5.75 Å². The van der Waals surface area contributed by atoms with Crippen LogP contribution in [-0.4, -0.2) is 16.2 Å². The van der Waals surface area contributed by atoms with Crippen molar-refractivity contribution < 1.29 is 15.0 Å². The van der Waals surface area contributed by atoms with Gasteiger partial charge in [-0.15, -0.1) is 0 Å². The predicted molar refractivity (Wildman–Crippen MR) is 44.8 cm³/mol. The highest BCUT2D eigenvalue weighted by molar-refractivity contribution is 6.32. The molecule has 13 heavy (non-hydrogen) atoms. The third-order valence-electron chi connectivity index (χ3n) is 1.47. The van der Waals surface area contributed by atoms with Crippen molar-refractivity contribution in [3.63, 3.8) is 0 Å². The van der Waals surface area contributed by atoms with Gasteiger partial charge in [0.1, 0.15) is 11.6 Å². The molecule has 1 aromatic carbocycles. The molecule has 2 N–H and O–H groups in total. The fraction of sp³-hybridized carbons (Fsp3) is 0. The van der Waals surface area contributed by atoms with Crippen LogP contribution in [0.5, 0.6) is 5.75 Å². The van der Waals surface area contributed by atoms with Crippen molar-refractivity contribution in [2.45, 2.75) is 0 Å². The molecule has 5 heteroatoms. The largest absolute Gasteiger partial charge is 0.505 e. The molecule has 0 saturated carbocycles. The van der Waals surface area contributed by atoms with Gasteiger partial charge in [0.2, 0.25) is 0 Å². The lowest BCUT2D eigenvalue weighted by atomic mass is 10.1. The molecule has 4 nitrogen and oxygen atoms in total. The molecule has 0 aliphatic rings. The normalized spacial score (nSPS) is 9.23. The molecule has 1 aromatic rings. The number of carboxylic acids is 1. The minimum absolute atomic E-state index is 0.0402. The van der Waals surface area contributed by atoms with Crippen LogP contribution in [-0.2, 0) is 0 Å². The van der Waals surface area contributed by atoms with Crippen LogP contribution in [0.2, 0.25) is 5.02 Å². The first kappa shape index (κ1) is 9.36. The molecule has 0 heterocycles. The molecule has 0 unspecified atom stereocenters. The molecule has 1 rings (SSSR count). The molecule has 66 valence electrons. The second-order valence-electron chi connectivity index (χ2n) is 2.24. The number of aromatic hydroxyl groups is 1. The van der Waals surface area contributed by atoms with Crippen LogP contribution >= 0.6 is 11.6 Å². The van der Waals surface area contributed by atoms with E-state index in [4.69, 9.17) is 22.0 Å². The number of hydrogen-bond donors (Lipinski definition) is 2. The van der Waals surface area contributed by atoms with Crippen LogP contribution in [0, 0.1) is 11.3 Å². The summed E-state index contributed by atoms with van der Waals surface area (Å²) in [6, 6.07) is 3.96. The average molecular weight is 198 g/mol. The van der Waals surface area contributed by atoms with Crippen molar-refractivity contribution in [2.24, 2.45) is 0 Å². The van der Waals surface area contributed by atoms with Crippen LogP contribution < -0.4 is 0 Å². The van der Waals surface area contributed by atoms with E-state index in [1.807, 2.05) is 0 Å². The van der Waals surface area contributed by atoms with E-state index in [9.17, 15) is 9.90 Å². The summed E-state index contributed by atoms with van der Waals surface area (Å²) in [5.41, 5.74) is -0.579. The van der Waals surface area contributed by atoms with Crippen LogP contribution in [0.25, 0.3) is 0 Å².